The summed E-state index contributed by atoms with van der Waals surface area (Å²) in [6, 6.07) is 3.25. The monoisotopic (exact) mass is 315 g/mol. The average Bonchev–Trinajstić information content (AvgIpc) is 2.43. The number of benzene rings is 1. The van der Waals surface area contributed by atoms with Gasteiger partial charge in [0.15, 0.2) is 0 Å². The minimum absolute atomic E-state index is 0.0757. The largest absolute Gasteiger partial charge is 0.245 e. The third kappa shape index (κ3) is 3.72. The highest BCUT2D eigenvalue weighted by Crippen LogP contribution is 2.19. The van der Waals surface area contributed by atoms with E-state index in [9.17, 15) is 12.8 Å². The second-order valence-electron chi connectivity index (χ2n) is 3.97. The highest BCUT2D eigenvalue weighted by Gasteiger charge is 2.15. The molecule has 0 bridgehead atoms. The van der Waals surface area contributed by atoms with Crippen molar-refractivity contribution < 1.29 is 12.8 Å². The lowest BCUT2D eigenvalue weighted by atomic mass is 10.2. The second-order valence-corrected chi connectivity index (χ2v) is 6.14. The molecule has 1 aromatic carbocycles. The van der Waals surface area contributed by atoms with E-state index < -0.39 is 15.8 Å². The topological polar surface area (TPSA) is 72.0 Å². The van der Waals surface area contributed by atoms with Gasteiger partial charge in [0.25, 0.3) is 0 Å². The molecule has 5 nitrogen and oxygen atoms in total. The summed E-state index contributed by atoms with van der Waals surface area (Å²) < 4.78 is 39.3. The summed E-state index contributed by atoms with van der Waals surface area (Å²) in [5, 5.41) is -0.232. The lowest BCUT2D eigenvalue weighted by Crippen LogP contribution is -2.26. The van der Waals surface area contributed by atoms with E-state index >= 15 is 0 Å². The molecule has 0 atom stereocenters. The molecule has 2 aromatic rings. The first-order valence-electron chi connectivity index (χ1n) is 5.67. The zero-order valence-electron chi connectivity index (χ0n) is 10.3. The van der Waals surface area contributed by atoms with Crippen LogP contribution in [0.3, 0.4) is 0 Å². The number of aromatic nitrogens is 2. The molecule has 0 aliphatic rings. The molecule has 0 aliphatic carbocycles. The molecule has 2 rings (SSSR count). The first-order chi connectivity index (χ1) is 9.49. The van der Waals surface area contributed by atoms with Crippen LogP contribution in [-0.2, 0) is 16.4 Å². The van der Waals surface area contributed by atoms with Crippen LogP contribution in [0.5, 0.6) is 0 Å². The molecule has 0 unspecified atom stereocenters. The fourth-order valence-electron chi connectivity index (χ4n) is 1.52. The van der Waals surface area contributed by atoms with Gasteiger partial charge in [0, 0.05) is 18.9 Å². The maximum Gasteiger partial charge on any atom is 0.240 e. The summed E-state index contributed by atoms with van der Waals surface area (Å²) >= 11 is 5.57. The number of rotatable bonds is 5. The van der Waals surface area contributed by atoms with Gasteiger partial charge in [0.05, 0.1) is 9.92 Å². The molecule has 0 radical (unpaired) electrons. The van der Waals surface area contributed by atoms with Crippen LogP contribution in [0.4, 0.5) is 4.39 Å². The first-order valence-corrected chi connectivity index (χ1v) is 7.54. The van der Waals surface area contributed by atoms with Crippen molar-refractivity contribution in [2.24, 2.45) is 0 Å². The Bertz CT molecular complexity index is 695. The number of hydrogen-bond acceptors (Lipinski definition) is 4. The molecule has 1 N–H and O–H groups in total. The molecule has 106 valence electrons. The fraction of sp³-hybridized carbons (Fsp3) is 0.167. The molecular formula is C12H11ClFN3O2S. The van der Waals surface area contributed by atoms with Crippen molar-refractivity contribution in [1.29, 1.82) is 0 Å². The zero-order valence-corrected chi connectivity index (χ0v) is 11.8. The molecule has 20 heavy (non-hydrogen) atoms. The predicted molar refractivity (Wildman–Crippen MR) is 72.3 cm³/mol. The van der Waals surface area contributed by atoms with Crippen molar-refractivity contribution in [3.63, 3.8) is 0 Å². The van der Waals surface area contributed by atoms with Gasteiger partial charge in [-0.3, -0.25) is 0 Å². The number of hydrogen-bond donors (Lipinski definition) is 1. The van der Waals surface area contributed by atoms with E-state index in [0.717, 1.165) is 23.8 Å². The summed E-state index contributed by atoms with van der Waals surface area (Å²) in [5.74, 6) is -0.660. The molecule has 8 heteroatoms. The number of nitrogens with zero attached hydrogens (tertiary/aromatic N) is 2. The van der Waals surface area contributed by atoms with E-state index in [-0.39, 0.29) is 16.5 Å². The Morgan fingerprint density at radius 1 is 1.25 bits per heavy atom. The molecule has 0 saturated carbocycles. The highest BCUT2D eigenvalue weighted by molar-refractivity contribution is 7.89. The molecule has 0 fully saturated rings. The molecule has 1 heterocycles. The van der Waals surface area contributed by atoms with Gasteiger partial charge in [-0.25, -0.2) is 27.5 Å². The Balaban J connectivity index is 2.02. The van der Waals surface area contributed by atoms with E-state index in [0.29, 0.717) is 6.42 Å². The lowest BCUT2D eigenvalue weighted by molar-refractivity contribution is 0.580. The standard InChI is InChI=1S/C12H11ClFN3O2S/c13-11-5-10(1-2-12(11)14)20(18,19)17-4-3-9-6-15-8-16-7-9/h1-2,5-8,17H,3-4H2. The van der Waals surface area contributed by atoms with Crippen molar-refractivity contribution in [3.05, 3.63) is 53.3 Å². The third-order valence-electron chi connectivity index (χ3n) is 2.52. The van der Waals surface area contributed by atoms with E-state index in [1.165, 1.54) is 6.33 Å². The quantitative estimate of drug-likeness (QED) is 0.913. The van der Waals surface area contributed by atoms with Crippen LogP contribution in [0.25, 0.3) is 0 Å². The Hall–Kier alpha value is -1.57. The average molecular weight is 316 g/mol. The minimum atomic E-state index is -3.71. The molecule has 1 aromatic heterocycles. The molecule has 0 saturated heterocycles. The van der Waals surface area contributed by atoms with Crippen LogP contribution in [0.1, 0.15) is 5.56 Å². The number of sulfonamides is 1. The summed E-state index contributed by atoms with van der Waals surface area (Å²) in [4.78, 5) is 7.59. The smallest absolute Gasteiger partial charge is 0.240 e. The summed E-state index contributed by atoms with van der Waals surface area (Å²) in [5.41, 5.74) is 0.812. The molecular weight excluding hydrogens is 305 g/mol. The van der Waals surface area contributed by atoms with Crippen LogP contribution in [0.15, 0.2) is 41.8 Å². The van der Waals surface area contributed by atoms with Crippen molar-refractivity contribution >= 4 is 21.6 Å². The summed E-state index contributed by atoms with van der Waals surface area (Å²) in [6.45, 7) is 0.185. The van der Waals surface area contributed by atoms with Gasteiger partial charge >= 0.3 is 0 Å². The Kier molecular flexibility index (Phi) is 4.64. The molecule has 0 spiro atoms. The zero-order chi connectivity index (χ0) is 14.6. The number of nitrogens with one attached hydrogen (secondary N) is 1. The SMILES string of the molecule is O=S(=O)(NCCc1cncnc1)c1ccc(F)c(Cl)c1. The highest BCUT2D eigenvalue weighted by atomic mass is 35.5. The van der Waals surface area contributed by atoms with E-state index in [4.69, 9.17) is 11.6 Å². The normalized spacial score (nSPS) is 11.5. The maximum atomic E-state index is 13.0. The van der Waals surface area contributed by atoms with Crippen LogP contribution >= 0.6 is 11.6 Å². The van der Waals surface area contributed by atoms with E-state index in [1.54, 1.807) is 12.4 Å². The number of halogens is 2. The van der Waals surface area contributed by atoms with Crippen molar-refractivity contribution in [2.45, 2.75) is 11.3 Å². The maximum absolute atomic E-state index is 13.0. The van der Waals surface area contributed by atoms with Crippen LogP contribution in [-0.4, -0.2) is 24.9 Å². The summed E-state index contributed by atoms with van der Waals surface area (Å²) in [7, 11) is -3.71. The van der Waals surface area contributed by atoms with Crippen molar-refractivity contribution in [2.75, 3.05) is 6.54 Å². The van der Waals surface area contributed by atoms with Gasteiger partial charge in [-0.1, -0.05) is 11.6 Å². The van der Waals surface area contributed by atoms with Gasteiger partial charge in [-0.05, 0) is 30.2 Å². The van der Waals surface area contributed by atoms with Gasteiger partial charge < -0.3 is 0 Å². The molecule has 0 aliphatic heterocycles. The second kappa shape index (κ2) is 6.25. The minimum Gasteiger partial charge on any atom is -0.245 e. The van der Waals surface area contributed by atoms with Gasteiger partial charge in [-0.15, -0.1) is 0 Å². The van der Waals surface area contributed by atoms with E-state index in [1.807, 2.05) is 0 Å². The molecule has 0 amide bonds. The fourth-order valence-corrected chi connectivity index (χ4v) is 2.82. The Morgan fingerprint density at radius 2 is 1.95 bits per heavy atom. The first kappa shape index (κ1) is 14.8. The van der Waals surface area contributed by atoms with Gasteiger partial charge in [-0.2, -0.15) is 0 Å². The van der Waals surface area contributed by atoms with Crippen molar-refractivity contribution in [3.8, 4) is 0 Å². The van der Waals surface area contributed by atoms with Gasteiger partial charge in [0.1, 0.15) is 12.1 Å². The van der Waals surface area contributed by atoms with Crippen molar-refractivity contribution in [1.82, 2.24) is 14.7 Å². The Labute approximate surface area is 120 Å². The van der Waals surface area contributed by atoms with Gasteiger partial charge in [0.2, 0.25) is 10.0 Å². The summed E-state index contributed by atoms with van der Waals surface area (Å²) in [6.07, 6.45) is 5.06. The predicted octanol–water partition coefficient (Wildman–Crippen LogP) is 1.79. The van der Waals surface area contributed by atoms with Crippen LogP contribution in [0.2, 0.25) is 5.02 Å². The lowest BCUT2D eigenvalue weighted by Gasteiger charge is -2.07. The van der Waals surface area contributed by atoms with Crippen LogP contribution in [0, 0.1) is 5.82 Å². The Morgan fingerprint density at radius 3 is 2.60 bits per heavy atom. The third-order valence-corrected chi connectivity index (χ3v) is 4.27. The van der Waals surface area contributed by atoms with E-state index in [2.05, 4.69) is 14.7 Å². The van der Waals surface area contributed by atoms with Crippen LogP contribution < -0.4 is 4.72 Å².